The smallest absolute Gasteiger partial charge is 0.211 e. The van der Waals surface area contributed by atoms with E-state index in [1.54, 1.807) is 0 Å². The summed E-state index contributed by atoms with van der Waals surface area (Å²) in [6, 6.07) is 9.62. The number of alkyl halides is 1. The predicted octanol–water partition coefficient (Wildman–Crippen LogP) is 3.19. The molecule has 0 saturated carbocycles. The third-order valence-corrected chi connectivity index (χ3v) is 5.42. The van der Waals surface area contributed by atoms with Crippen LogP contribution < -0.4 is 4.72 Å². The lowest BCUT2D eigenvalue weighted by molar-refractivity contribution is 0.460. The lowest BCUT2D eigenvalue weighted by Crippen LogP contribution is -2.35. The Hall–Kier alpha value is -0.580. The molecule has 0 radical (unpaired) electrons. The third-order valence-electron chi connectivity index (χ3n) is 3.56. The molecule has 0 aromatic heterocycles. The van der Waals surface area contributed by atoms with E-state index >= 15 is 0 Å². The van der Waals surface area contributed by atoms with Gasteiger partial charge >= 0.3 is 0 Å². The first-order valence-corrected chi connectivity index (χ1v) is 9.22. The van der Waals surface area contributed by atoms with E-state index < -0.39 is 10.0 Å². The Morgan fingerprint density at radius 2 is 1.75 bits per heavy atom. The average Bonchev–Trinajstić information content (AvgIpc) is 2.46. The minimum Gasteiger partial charge on any atom is -0.214 e. The monoisotopic (exact) mass is 317 g/mol. The van der Waals surface area contributed by atoms with Gasteiger partial charge in [-0.05, 0) is 17.9 Å². The summed E-state index contributed by atoms with van der Waals surface area (Å²) in [5.74, 6) is 0.456. The Kier molecular flexibility index (Phi) is 7.56. The maximum Gasteiger partial charge on any atom is 0.211 e. The van der Waals surface area contributed by atoms with Crippen LogP contribution in [0.1, 0.15) is 32.3 Å². The number of rotatable bonds is 9. The number of hydrogen-bond acceptors (Lipinski definition) is 2. The number of nitrogens with one attached hydrogen (secondary N) is 1. The van der Waals surface area contributed by atoms with Gasteiger partial charge in [-0.3, -0.25) is 0 Å². The van der Waals surface area contributed by atoms with E-state index in [1.807, 2.05) is 30.3 Å². The Morgan fingerprint density at radius 3 is 2.30 bits per heavy atom. The van der Waals surface area contributed by atoms with Crippen LogP contribution in [-0.4, -0.2) is 26.1 Å². The third kappa shape index (κ3) is 6.25. The van der Waals surface area contributed by atoms with Crippen molar-refractivity contribution >= 4 is 21.6 Å². The molecule has 1 aromatic rings. The molecule has 20 heavy (non-hydrogen) atoms. The van der Waals surface area contributed by atoms with E-state index in [0.717, 1.165) is 18.4 Å². The number of benzene rings is 1. The van der Waals surface area contributed by atoms with Crippen molar-refractivity contribution in [2.24, 2.45) is 5.92 Å². The van der Waals surface area contributed by atoms with E-state index in [4.69, 9.17) is 11.6 Å². The second kappa shape index (κ2) is 8.65. The van der Waals surface area contributed by atoms with E-state index in [1.165, 1.54) is 0 Å². The first-order chi connectivity index (χ1) is 9.48. The number of sulfonamides is 1. The molecule has 0 heterocycles. The van der Waals surface area contributed by atoms with Crippen molar-refractivity contribution < 1.29 is 8.42 Å². The van der Waals surface area contributed by atoms with Crippen LogP contribution in [0.15, 0.2) is 30.3 Å². The van der Waals surface area contributed by atoms with Gasteiger partial charge in [0.2, 0.25) is 10.0 Å². The average molecular weight is 318 g/mol. The molecule has 0 spiro atoms. The highest BCUT2D eigenvalue weighted by Gasteiger charge is 2.18. The van der Waals surface area contributed by atoms with Crippen LogP contribution >= 0.6 is 11.6 Å². The molecular weight excluding hydrogens is 294 g/mol. The standard InChI is InChI=1S/C15H24ClNO2S/c1-3-14(4-2)15(16)12-17-20(18,19)11-10-13-8-6-5-7-9-13/h5-9,14-15,17H,3-4,10-12H2,1-2H3. The zero-order chi connectivity index (χ0) is 15.0. The SMILES string of the molecule is CCC(CC)C(Cl)CNS(=O)(=O)CCc1ccccc1. The molecule has 5 heteroatoms. The molecule has 0 fully saturated rings. The zero-order valence-corrected chi connectivity index (χ0v) is 13.8. The maximum absolute atomic E-state index is 11.9. The summed E-state index contributed by atoms with van der Waals surface area (Å²) in [5, 5.41) is -0.142. The maximum atomic E-state index is 11.9. The molecule has 1 aromatic carbocycles. The van der Waals surface area contributed by atoms with Crippen molar-refractivity contribution in [1.82, 2.24) is 4.72 Å². The van der Waals surface area contributed by atoms with E-state index in [9.17, 15) is 8.42 Å². The van der Waals surface area contributed by atoms with Gasteiger partial charge in [0.05, 0.1) is 5.75 Å². The Bertz CT molecular complexity index is 472. The van der Waals surface area contributed by atoms with Gasteiger partial charge < -0.3 is 0 Å². The van der Waals surface area contributed by atoms with Crippen molar-refractivity contribution in [3.05, 3.63) is 35.9 Å². The molecule has 1 atom stereocenters. The second-order valence-corrected chi connectivity index (χ2v) is 7.48. The zero-order valence-electron chi connectivity index (χ0n) is 12.2. The predicted molar refractivity (Wildman–Crippen MR) is 85.6 cm³/mol. The molecule has 0 amide bonds. The van der Waals surface area contributed by atoms with E-state index in [-0.39, 0.29) is 11.1 Å². The van der Waals surface area contributed by atoms with Crippen molar-refractivity contribution in [2.75, 3.05) is 12.3 Å². The van der Waals surface area contributed by atoms with Gasteiger partial charge in [0.25, 0.3) is 0 Å². The van der Waals surface area contributed by atoms with Gasteiger partial charge in [-0.2, -0.15) is 0 Å². The summed E-state index contributed by atoms with van der Waals surface area (Å²) in [6.45, 7) is 4.46. The fraction of sp³-hybridized carbons (Fsp3) is 0.600. The van der Waals surface area contributed by atoms with Gasteiger partial charge in [-0.1, -0.05) is 57.0 Å². The van der Waals surface area contributed by atoms with Crippen LogP contribution in [0.3, 0.4) is 0 Å². The van der Waals surface area contributed by atoms with Crippen molar-refractivity contribution in [1.29, 1.82) is 0 Å². The minimum atomic E-state index is -3.26. The molecule has 1 unspecified atom stereocenters. The van der Waals surface area contributed by atoms with E-state index in [0.29, 0.717) is 18.9 Å². The van der Waals surface area contributed by atoms with Crippen LogP contribution in [0.2, 0.25) is 0 Å². The number of aryl methyl sites for hydroxylation is 1. The number of halogens is 1. The topological polar surface area (TPSA) is 46.2 Å². The molecule has 0 saturated heterocycles. The number of hydrogen-bond donors (Lipinski definition) is 1. The lowest BCUT2D eigenvalue weighted by Gasteiger charge is -2.19. The fourth-order valence-corrected chi connectivity index (χ4v) is 3.75. The molecule has 0 aliphatic rings. The van der Waals surface area contributed by atoms with Crippen LogP contribution in [-0.2, 0) is 16.4 Å². The Morgan fingerprint density at radius 1 is 1.15 bits per heavy atom. The van der Waals surface area contributed by atoms with Crippen LogP contribution in [0, 0.1) is 5.92 Å². The lowest BCUT2D eigenvalue weighted by atomic mass is 9.99. The normalized spacial score (nSPS) is 13.6. The molecule has 3 nitrogen and oxygen atoms in total. The van der Waals surface area contributed by atoms with Crippen LogP contribution in [0.5, 0.6) is 0 Å². The highest BCUT2D eigenvalue weighted by atomic mass is 35.5. The second-order valence-electron chi connectivity index (χ2n) is 5.00. The van der Waals surface area contributed by atoms with Gasteiger partial charge in [0.1, 0.15) is 0 Å². The minimum absolute atomic E-state index is 0.101. The summed E-state index contributed by atoms with van der Waals surface area (Å²) in [5.41, 5.74) is 1.03. The molecule has 0 aliphatic heterocycles. The highest BCUT2D eigenvalue weighted by Crippen LogP contribution is 2.17. The van der Waals surface area contributed by atoms with Gasteiger partial charge in [-0.25, -0.2) is 13.1 Å². The molecule has 0 aliphatic carbocycles. The molecule has 0 bridgehead atoms. The fourth-order valence-electron chi connectivity index (χ4n) is 2.14. The van der Waals surface area contributed by atoms with Crippen LogP contribution in [0.25, 0.3) is 0 Å². The first-order valence-electron chi connectivity index (χ1n) is 7.13. The van der Waals surface area contributed by atoms with Crippen molar-refractivity contribution in [3.63, 3.8) is 0 Å². The molecule has 1 N–H and O–H groups in total. The Labute approximate surface area is 127 Å². The van der Waals surface area contributed by atoms with Gasteiger partial charge in [0, 0.05) is 11.9 Å². The molecular formula is C15H24ClNO2S. The van der Waals surface area contributed by atoms with E-state index in [2.05, 4.69) is 18.6 Å². The Balaban J connectivity index is 2.42. The van der Waals surface area contributed by atoms with Crippen molar-refractivity contribution in [3.8, 4) is 0 Å². The largest absolute Gasteiger partial charge is 0.214 e. The van der Waals surface area contributed by atoms with Crippen molar-refractivity contribution in [2.45, 2.75) is 38.5 Å². The summed E-state index contributed by atoms with van der Waals surface area (Å²) >= 11 is 6.24. The summed E-state index contributed by atoms with van der Waals surface area (Å²) in [6.07, 6.45) is 2.46. The highest BCUT2D eigenvalue weighted by molar-refractivity contribution is 7.89. The quantitative estimate of drug-likeness (QED) is 0.711. The summed E-state index contributed by atoms with van der Waals surface area (Å²) in [7, 11) is -3.26. The molecule has 1 rings (SSSR count). The summed E-state index contributed by atoms with van der Waals surface area (Å²) in [4.78, 5) is 0. The molecule has 114 valence electrons. The van der Waals surface area contributed by atoms with Crippen LogP contribution in [0.4, 0.5) is 0 Å². The van der Waals surface area contributed by atoms with Gasteiger partial charge in [-0.15, -0.1) is 11.6 Å². The summed E-state index contributed by atoms with van der Waals surface area (Å²) < 4.78 is 26.5. The first kappa shape index (κ1) is 17.5. The van der Waals surface area contributed by atoms with Gasteiger partial charge in [0.15, 0.2) is 0 Å².